The minimum atomic E-state index is -1.15. The van der Waals surface area contributed by atoms with Crippen LogP contribution in [0, 0.1) is 20.2 Å². The lowest BCUT2D eigenvalue weighted by Crippen LogP contribution is -2.40. The van der Waals surface area contributed by atoms with Crippen molar-refractivity contribution in [3.63, 3.8) is 0 Å². The molecular weight excluding hydrogens is 248 g/mol. The Kier molecular flexibility index (Phi) is 7.69. The molecule has 0 saturated heterocycles. The number of nitrogens with zero attached hydrogens (tertiary/aromatic N) is 6. The summed E-state index contributed by atoms with van der Waals surface area (Å²) in [4.78, 5) is 27.6. The molecule has 0 radical (unpaired) electrons. The lowest BCUT2D eigenvalue weighted by molar-refractivity contribution is -0.771. The van der Waals surface area contributed by atoms with E-state index in [1.165, 1.54) is 0 Å². The average Bonchev–Trinajstić information content (AvgIpc) is 2.30. The quantitative estimate of drug-likeness (QED) is 0.189. The van der Waals surface area contributed by atoms with Gasteiger partial charge in [-0.25, -0.2) is 10.1 Å². The maximum absolute atomic E-state index is 10.7. The highest BCUT2D eigenvalue weighted by Crippen LogP contribution is 2.02. The van der Waals surface area contributed by atoms with E-state index in [1.54, 1.807) is 0 Å². The third-order valence-electron chi connectivity index (χ3n) is 2.00. The van der Waals surface area contributed by atoms with E-state index in [9.17, 15) is 20.2 Å². The Hall–Kier alpha value is -2.29. The summed E-state index contributed by atoms with van der Waals surface area (Å²) in [5.74, 6) is 0. The summed E-state index contributed by atoms with van der Waals surface area (Å²) < 4.78 is 0. The van der Waals surface area contributed by atoms with Gasteiger partial charge < -0.3 is 4.84 Å². The molecule has 0 saturated carbocycles. The third kappa shape index (κ3) is 7.06. The summed E-state index contributed by atoms with van der Waals surface area (Å²) in [5, 5.41) is 23.1. The van der Waals surface area contributed by atoms with Crippen LogP contribution >= 0.6 is 0 Å². The number of rotatable bonds is 10. The fourth-order valence-electron chi connectivity index (χ4n) is 1.19. The van der Waals surface area contributed by atoms with Crippen LogP contribution in [0.25, 0.3) is 10.4 Å². The predicted molar refractivity (Wildman–Crippen MR) is 59.4 cm³/mol. The molecule has 0 rings (SSSR count). The summed E-state index contributed by atoms with van der Waals surface area (Å²) in [6.07, 6.45) is 0.174. The molecule has 0 N–H and O–H groups in total. The number of hydrazine groups is 1. The Balaban J connectivity index is 4.51. The van der Waals surface area contributed by atoms with Crippen molar-refractivity contribution in [1.82, 2.24) is 5.01 Å². The molecule has 0 aliphatic heterocycles. The minimum Gasteiger partial charge on any atom is -0.308 e. The highest BCUT2D eigenvalue weighted by atomic mass is 17.0. The Bertz CT molecular complexity index is 326. The van der Waals surface area contributed by atoms with Crippen molar-refractivity contribution in [2.75, 3.05) is 19.6 Å². The first-order valence-corrected chi connectivity index (χ1v) is 5.22. The van der Waals surface area contributed by atoms with Gasteiger partial charge in [0.1, 0.15) is 12.6 Å². The summed E-state index contributed by atoms with van der Waals surface area (Å²) in [6, 6.07) is 0. The van der Waals surface area contributed by atoms with Crippen molar-refractivity contribution in [3.05, 3.63) is 30.7 Å². The lowest BCUT2D eigenvalue weighted by Gasteiger charge is -2.18. The van der Waals surface area contributed by atoms with Crippen LogP contribution in [-0.2, 0) is 4.84 Å². The molecule has 0 heterocycles. The SMILES string of the molecule is CCCCN(CC(CN=[N+]=[N-])O[N+](=O)[O-])[N+](=O)[O-]. The van der Waals surface area contributed by atoms with Crippen molar-refractivity contribution in [3.8, 4) is 0 Å². The molecule has 0 spiro atoms. The second kappa shape index (κ2) is 8.82. The summed E-state index contributed by atoms with van der Waals surface area (Å²) in [5.41, 5.74) is 8.12. The molecule has 0 aliphatic carbocycles. The van der Waals surface area contributed by atoms with E-state index in [2.05, 4.69) is 14.9 Å². The van der Waals surface area contributed by atoms with Gasteiger partial charge in [0.25, 0.3) is 5.09 Å². The Morgan fingerprint density at radius 3 is 2.61 bits per heavy atom. The molecule has 0 aromatic rings. The van der Waals surface area contributed by atoms with Crippen LogP contribution < -0.4 is 0 Å². The number of hydrogen-bond donors (Lipinski definition) is 0. The van der Waals surface area contributed by atoms with Gasteiger partial charge in [-0.1, -0.05) is 18.5 Å². The van der Waals surface area contributed by atoms with E-state index in [-0.39, 0.29) is 19.6 Å². The van der Waals surface area contributed by atoms with Gasteiger partial charge in [-0.05, 0) is 12.0 Å². The van der Waals surface area contributed by atoms with Gasteiger partial charge in [0, 0.05) is 4.91 Å². The molecule has 0 aromatic heterocycles. The third-order valence-corrected chi connectivity index (χ3v) is 2.00. The van der Waals surface area contributed by atoms with Crippen molar-refractivity contribution in [2.24, 2.45) is 5.11 Å². The number of nitro groups is 1. The lowest BCUT2D eigenvalue weighted by atomic mass is 10.3. The van der Waals surface area contributed by atoms with Gasteiger partial charge in [0.05, 0.1) is 13.1 Å². The Morgan fingerprint density at radius 2 is 2.17 bits per heavy atom. The molecule has 0 aliphatic rings. The minimum absolute atomic E-state index is 0.150. The molecular formula is C7H14N6O5. The van der Waals surface area contributed by atoms with E-state index in [0.29, 0.717) is 6.42 Å². The van der Waals surface area contributed by atoms with Crippen LogP contribution in [0.4, 0.5) is 0 Å². The molecule has 0 aromatic carbocycles. The highest BCUT2D eigenvalue weighted by Gasteiger charge is 2.22. The second-order valence-electron chi connectivity index (χ2n) is 3.37. The highest BCUT2D eigenvalue weighted by molar-refractivity contribution is 4.63. The van der Waals surface area contributed by atoms with Crippen LogP contribution in [-0.4, -0.2) is 40.9 Å². The van der Waals surface area contributed by atoms with Gasteiger partial charge in [-0.3, -0.25) is 0 Å². The first kappa shape index (κ1) is 15.7. The maximum Gasteiger partial charge on any atom is 0.294 e. The van der Waals surface area contributed by atoms with E-state index in [0.717, 1.165) is 11.4 Å². The molecule has 1 unspecified atom stereocenters. The van der Waals surface area contributed by atoms with Gasteiger partial charge >= 0.3 is 0 Å². The van der Waals surface area contributed by atoms with Gasteiger partial charge in [0.15, 0.2) is 5.03 Å². The number of azide groups is 1. The predicted octanol–water partition coefficient (Wildman–Crippen LogP) is 1.17. The van der Waals surface area contributed by atoms with Gasteiger partial charge in [-0.15, -0.1) is 15.1 Å². The molecule has 102 valence electrons. The zero-order valence-corrected chi connectivity index (χ0v) is 9.84. The smallest absolute Gasteiger partial charge is 0.294 e. The second-order valence-corrected chi connectivity index (χ2v) is 3.37. The van der Waals surface area contributed by atoms with Gasteiger partial charge in [0.2, 0.25) is 0 Å². The van der Waals surface area contributed by atoms with Gasteiger partial charge in [-0.2, -0.15) is 0 Å². The summed E-state index contributed by atoms with van der Waals surface area (Å²) >= 11 is 0. The van der Waals surface area contributed by atoms with Crippen molar-refractivity contribution < 1.29 is 15.0 Å². The van der Waals surface area contributed by atoms with Crippen molar-refractivity contribution >= 4 is 0 Å². The average molecular weight is 262 g/mol. The van der Waals surface area contributed by atoms with Crippen LogP contribution in [0.2, 0.25) is 0 Å². The van der Waals surface area contributed by atoms with Crippen LogP contribution in [0.3, 0.4) is 0 Å². The fraction of sp³-hybridized carbons (Fsp3) is 1.00. The molecule has 0 bridgehead atoms. The molecule has 11 nitrogen and oxygen atoms in total. The standard InChI is InChI=1S/C7H14N6O5/c1-2-3-4-11(12(14)15)6-7(5-9-10-8)18-13(16)17/h7H,2-6H2,1H3. The maximum atomic E-state index is 10.7. The number of hydrogen-bond acceptors (Lipinski definition) is 6. The molecule has 0 amide bonds. The zero-order chi connectivity index (χ0) is 14.0. The topological polar surface area (TPSA) is 148 Å². The van der Waals surface area contributed by atoms with E-state index in [1.807, 2.05) is 6.92 Å². The monoisotopic (exact) mass is 262 g/mol. The van der Waals surface area contributed by atoms with Crippen LogP contribution in [0.15, 0.2) is 5.11 Å². The first-order chi connectivity index (χ1) is 8.51. The summed E-state index contributed by atoms with van der Waals surface area (Å²) in [6.45, 7) is 1.36. The molecule has 18 heavy (non-hydrogen) atoms. The molecule has 11 heteroatoms. The Morgan fingerprint density at radius 1 is 1.50 bits per heavy atom. The van der Waals surface area contributed by atoms with E-state index in [4.69, 9.17) is 5.53 Å². The summed E-state index contributed by atoms with van der Waals surface area (Å²) in [7, 11) is 0. The van der Waals surface area contributed by atoms with Crippen molar-refractivity contribution in [2.45, 2.75) is 25.9 Å². The normalized spacial score (nSPS) is 11.2. The van der Waals surface area contributed by atoms with E-state index < -0.39 is 16.2 Å². The number of unbranched alkanes of at least 4 members (excludes halogenated alkanes) is 1. The van der Waals surface area contributed by atoms with Crippen LogP contribution in [0.1, 0.15) is 19.8 Å². The molecule has 0 fully saturated rings. The molecule has 1 atom stereocenters. The fourth-order valence-corrected chi connectivity index (χ4v) is 1.19. The van der Waals surface area contributed by atoms with Crippen molar-refractivity contribution in [1.29, 1.82) is 0 Å². The van der Waals surface area contributed by atoms with E-state index >= 15 is 0 Å². The Labute approximate surface area is 102 Å². The van der Waals surface area contributed by atoms with Crippen LogP contribution in [0.5, 0.6) is 0 Å². The zero-order valence-electron chi connectivity index (χ0n) is 9.84. The largest absolute Gasteiger partial charge is 0.308 e. The first-order valence-electron chi connectivity index (χ1n) is 5.22.